The summed E-state index contributed by atoms with van der Waals surface area (Å²) in [5.74, 6) is 0. The van der Waals surface area contributed by atoms with Gasteiger partial charge in [0.2, 0.25) is 0 Å². The number of benzene rings is 1. The first kappa shape index (κ1) is 16.4. The molecule has 1 aliphatic rings. The number of rotatable bonds is 6. The van der Waals surface area contributed by atoms with Crippen molar-refractivity contribution < 1.29 is 0 Å². The van der Waals surface area contributed by atoms with Gasteiger partial charge in [0.25, 0.3) is 0 Å². The van der Waals surface area contributed by atoms with Crippen LogP contribution in [0.15, 0.2) is 34.3 Å². The molecule has 0 amide bonds. The second-order valence-corrected chi connectivity index (χ2v) is 7.82. The van der Waals surface area contributed by atoms with E-state index >= 15 is 0 Å². The Hall–Kier alpha value is -1.44. The number of hydrogen-bond donors (Lipinski definition) is 1. The molecule has 0 fully saturated rings. The van der Waals surface area contributed by atoms with E-state index in [1.807, 2.05) is 18.2 Å². The maximum atomic E-state index is 11.0. The van der Waals surface area contributed by atoms with Crippen molar-refractivity contribution in [2.24, 2.45) is 5.18 Å². The second-order valence-electron chi connectivity index (χ2n) is 5.61. The molecule has 0 saturated heterocycles. The summed E-state index contributed by atoms with van der Waals surface area (Å²) in [5.41, 5.74) is 7.52. The van der Waals surface area contributed by atoms with Crippen molar-refractivity contribution >= 4 is 34.1 Å². The minimum atomic E-state index is 0.437. The van der Waals surface area contributed by atoms with Crippen molar-refractivity contribution in [2.75, 3.05) is 12.3 Å². The zero-order chi connectivity index (χ0) is 16.2. The number of nitrogen functional groups attached to an aromatic ring is 1. The van der Waals surface area contributed by atoms with Crippen LogP contribution in [0.3, 0.4) is 0 Å². The number of thiazole rings is 1. The van der Waals surface area contributed by atoms with Crippen LogP contribution in [0.4, 0.5) is 10.8 Å². The van der Waals surface area contributed by atoms with Crippen molar-refractivity contribution in [2.45, 2.75) is 43.5 Å². The van der Waals surface area contributed by atoms with E-state index in [1.165, 1.54) is 10.6 Å². The van der Waals surface area contributed by atoms with Gasteiger partial charge in [-0.3, -0.25) is 0 Å². The number of nitrogens with zero attached hydrogens (tertiary/aromatic N) is 3. The topological polar surface area (TPSA) is 71.6 Å². The normalized spacial score (nSPS) is 17.2. The molecule has 5 nitrogen and oxygen atoms in total. The molecule has 0 radical (unpaired) electrons. The van der Waals surface area contributed by atoms with Crippen LogP contribution in [-0.2, 0) is 12.8 Å². The molecule has 1 aromatic heterocycles. The molecule has 0 aliphatic heterocycles. The average Bonchev–Trinajstić information content (AvgIpc) is 2.94. The molecule has 1 unspecified atom stereocenters. The summed E-state index contributed by atoms with van der Waals surface area (Å²) < 4.78 is 2.39. The Morgan fingerprint density at radius 2 is 2.30 bits per heavy atom. The number of anilines is 1. The molecule has 0 spiro atoms. The van der Waals surface area contributed by atoms with Crippen molar-refractivity contribution in [1.29, 1.82) is 0 Å². The number of hydrogen-bond acceptors (Lipinski definition) is 7. The van der Waals surface area contributed by atoms with Gasteiger partial charge in [-0.05, 0) is 48.5 Å². The number of nitrogens with two attached hydrogens (primary N) is 1. The van der Waals surface area contributed by atoms with Crippen LogP contribution >= 0.6 is 23.3 Å². The largest absolute Gasteiger partial charge is 0.375 e. The fourth-order valence-electron chi connectivity index (χ4n) is 2.88. The van der Waals surface area contributed by atoms with Crippen LogP contribution < -0.4 is 5.73 Å². The third-order valence-corrected chi connectivity index (χ3v) is 6.17. The predicted octanol–water partition coefficient (Wildman–Crippen LogP) is 4.40. The van der Waals surface area contributed by atoms with E-state index in [1.54, 1.807) is 29.4 Å². The quantitative estimate of drug-likeness (QED) is 0.619. The molecule has 122 valence electrons. The number of aromatic nitrogens is 1. The van der Waals surface area contributed by atoms with Gasteiger partial charge in [-0.25, -0.2) is 9.29 Å². The second kappa shape index (κ2) is 7.42. The fraction of sp³-hybridized carbons (Fsp3) is 0.438. The van der Waals surface area contributed by atoms with Crippen LogP contribution in [0, 0.1) is 4.91 Å². The lowest BCUT2D eigenvalue weighted by Crippen LogP contribution is -2.34. The maximum absolute atomic E-state index is 11.0. The highest BCUT2D eigenvalue weighted by Gasteiger charge is 2.27. The smallest absolute Gasteiger partial charge is 0.180 e. The molecule has 0 saturated carbocycles. The maximum Gasteiger partial charge on any atom is 0.180 e. The summed E-state index contributed by atoms with van der Waals surface area (Å²) in [6.07, 6.45) is 4.09. The first-order valence-corrected chi connectivity index (χ1v) is 9.41. The Labute approximate surface area is 144 Å². The van der Waals surface area contributed by atoms with Crippen molar-refractivity contribution in [1.82, 2.24) is 9.29 Å². The van der Waals surface area contributed by atoms with Crippen molar-refractivity contribution in [3.05, 3.63) is 39.7 Å². The van der Waals surface area contributed by atoms with Gasteiger partial charge < -0.3 is 5.73 Å². The highest BCUT2D eigenvalue weighted by Crippen LogP contribution is 2.37. The SMILES string of the molecule is CCCN(Sc1ccccc1N=O)C1CCc2nc(N)sc2C1. The van der Waals surface area contributed by atoms with E-state index < -0.39 is 0 Å². The summed E-state index contributed by atoms with van der Waals surface area (Å²) in [4.78, 5) is 17.7. The van der Waals surface area contributed by atoms with Crippen LogP contribution in [-0.4, -0.2) is 21.9 Å². The summed E-state index contributed by atoms with van der Waals surface area (Å²) in [5, 5.41) is 3.81. The first-order chi connectivity index (χ1) is 11.2. The van der Waals surface area contributed by atoms with Gasteiger partial charge in [-0.2, -0.15) is 0 Å². The van der Waals surface area contributed by atoms with Gasteiger partial charge in [0.15, 0.2) is 5.13 Å². The number of fused-ring (bicyclic) bond motifs is 1. The van der Waals surface area contributed by atoms with Crippen LogP contribution in [0.2, 0.25) is 0 Å². The molecule has 2 N–H and O–H groups in total. The summed E-state index contributed by atoms with van der Waals surface area (Å²) in [6.45, 7) is 3.16. The number of nitroso groups, excluding NO2 is 1. The molecule has 23 heavy (non-hydrogen) atoms. The van der Waals surface area contributed by atoms with Crippen LogP contribution in [0.1, 0.15) is 30.3 Å². The van der Waals surface area contributed by atoms with Crippen LogP contribution in [0.5, 0.6) is 0 Å². The van der Waals surface area contributed by atoms with Gasteiger partial charge in [0.1, 0.15) is 5.69 Å². The van der Waals surface area contributed by atoms with Gasteiger partial charge in [0, 0.05) is 23.9 Å². The molecular weight excluding hydrogens is 328 g/mol. The summed E-state index contributed by atoms with van der Waals surface area (Å²) >= 11 is 3.25. The lowest BCUT2D eigenvalue weighted by atomic mass is 9.97. The lowest BCUT2D eigenvalue weighted by molar-refractivity contribution is 0.321. The van der Waals surface area contributed by atoms with E-state index in [2.05, 4.69) is 21.4 Å². The molecule has 2 aromatic rings. The Kier molecular flexibility index (Phi) is 5.30. The lowest BCUT2D eigenvalue weighted by Gasteiger charge is -2.32. The average molecular weight is 348 g/mol. The minimum Gasteiger partial charge on any atom is -0.375 e. The monoisotopic (exact) mass is 348 g/mol. The highest BCUT2D eigenvalue weighted by molar-refractivity contribution is 7.97. The fourth-order valence-corrected chi connectivity index (χ4v) is 5.03. The van der Waals surface area contributed by atoms with E-state index in [9.17, 15) is 4.91 Å². The predicted molar refractivity (Wildman–Crippen MR) is 97.1 cm³/mol. The third kappa shape index (κ3) is 3.73. The molecule has 7 heteroatoms. The van der Waals surface area contributed by atoms with E-state index in [0.717, 1.165) is 37.1 Å². The molecule has 0 bridgehead atoms. The number of aryl methyl sites for hydroxylation is 1. The van der Waals surface area contributed by atoms with Gasteiger partial charge >= 0.3 is 0 Å². The summed E-state index contributed by atoms with van der Waals surface area (Å²) in [7, 11) is 0. The Morgan fingerprint density at radius 1 is 1.48 bits per heavy atom. The minimum absolute atomic E-state index is 0.437. The Balaban J connectivity index is 1.78. The molecule has 1 aromatic carbocycles. The molecular formula is C16H20N4OS2. The summed E-state index contributed by atoms with van der Waals surface area (Å²) in [6, 6.07) is 7.96. The Morgan fingerprint density at radius 3 is 3.09 bits per heavy atom. The standard InChI is InChI=1S/C16H20N4OS2/c1-2-9-20(23-14-6-4-3-5-13(14)19-21)11-7-8-12-15(10-11)22-16(17)18-12/h3-6,11H,2,7-10H2,1H3,(H2,17,18). The highest BCUT2D eigenvalue weighted by atomic mass is 32.2. The van der Waals surface area contributed by atoms with Gasteiger partial charge in [-0.15, -0.1) is 16.2 Å². The van der Waals surface area contributed by atoms with E-state index in [4.69, 9.17) is 5.73 Å². The van der Waals surface area contributed by atoms with Crippen molar-refractivity contribution in [3.63, 3.8) is 0 Å². The zero-order valence-corrected chi connectivity index (χ0v) is 14.7. The van der Waals surface area contributed by atoms with Crippen molar-refractivity contribution in [3.8, 4) is 0 Å². The Bertz CT molecular complexity index is 688. The molecule has 3 rings (SSSR count). The van der Waals surface area contributed by atoms with Crippen LogP contribution in [0.25, 0.3) is 0 Å². The zero-order valence-electron chi connectivity index (χ0n) is 13.1. The molecule has 1 heterocycles. The van der Waals surface area contributed by atoms with E-state index in [-0.39, 0.29) is 0 Å². The van der Waals surface area contributed by atoms with Gasteiger partial charge in [-0.1, -0.05) is 19.1 Å². The van der Waals surface area contributed by atoms with E-state index in [0.29, 0.717) is 16.9 Å². The third-order valence-electron chi connectivity index (χ3n) is 3.96. The van der Waals surface area contributed by atoms with Gasteiger partial charge in [0.05, 0.1) is 10.6 Å². The molecule has 1 aliphatic carbocycles. The molecule has 1 atom stereocenters. The first-order valence-electron chi connectivity index (χ1n) is 7.82.